The van der Waals surface area contributed by atoms with Crippen LogP contribution in [0.15, 0.2) is 18.3 Å². The van der Waals surface area contributed by atoms with E-state index in [9.17, 15) is 14.7 Å². The molecule has 0 radical (unpaired) electrons. The molecular weight excluding hydrogens is 376 g/mol. The number of piperidine rings is 1. The highest BCUT2D eigenvalue weighted by Gasteiger charge is 2.41. The highest BCUT2D eigenvalue weighted by atomic mass is 35.5. The van der Waals surface area contributed by atoms with Gasteiger partial charge < -0.3 is 19.5 Å². The van der Waals surface area contributed by atoms with Crippen LogP contribution in [0.1, 0.15) is 23.3 Å². The maximum atomic E-state index is 12.7. The minimum absolute atomic E-state index is 0.107. The van der Waals surface area contributed by atoms with E-state index in [1.165, 1.54) is 25.3 Å². The molecule has 1 saturated heterocycles. The molecule has 3 heterocycles. The van der Waals surface area contributed by atoms with Gasteiger partial charge in [-0.15, -0.1) is 0 Å². The minimum atomic E-state index is -1.55. The van der Waals surface area contributed by atoms with E-state index in [1.807, 2.05) is 0 Å². The van der Waals surface area contributed by atoms with Crippen molar-refractivity contribution in [3.8, 4) is 17.1 Å². The van der Waals surface area contributed by atoms with Crippen LogP contribution < -0.4 is 4.74 Å². The molecule has 2 N–H and O–H groups in total. The Morgan fingerprint density at radius 2 is 2.00 bits per heavy atom. The Morgan fingerprint density at radius 1 is 1.30 bits per heavy atom. The van der Waals surface area contributed by atoms with Crippen molar-refractivity contribution in [1.82, 2.24) is 20.1 Å². The molecule has 2 aromatic heterocycles. The summed E-state index contributed by atoms with van der Waals surface area (Å²) < 4.78 is 9.71. The standard InChI is InChI=1S/C17H19ClN4O5/c1-26-14-7-10(11(18)9-19-14)12-8-13(21-20-12)15(23)22-5-3-17(25,4-6-22)16(24)27-2/h7-9,25H,3-6H2,1-2H3,(H,20,21). The molecule has 10 heteroatoms. The van der Waals surface area contributed by atoms with Gasteiger partial charge in [0.15, 0.2) is 11.3 Å². The quantitative estimate of drug-likeness (QED) is 0.750. The van der Waals surface area contributed by atoms with Gasteiger partial charge in [0.2, 0.25) is 5.88 Å². The Morgan fingerprint density at radius 3 is 2.63 bits per heavy atom. The number of nitrogens with one attached hydrogen (secondary N) is 1. The normalized spacial score (nSPS) is 16.1. The van der Waals surface area contributed by atoms with Crippen LogP contribution in [0.3, 0.4) is 0 Å². The zero-order valence-electron chi connectivity index (χ0n) is 14.9. The monoisotopic (exact) mass is 394 g/mol. The molecule has 0 unspecified atom stereocenters. The third-order valence-electron chi connectivity index (χ3n) is 4.57. The van der Waals surface area contributed by atoms with Crippen LogP contribution in [-0.4, -0.2) is 70.0 Å². The number of pyridine rings is 1. The van der Waals surface area contributed by atoms with Gasteiger partial charge in [-0.05, 0) is 6.07 Å². The Balaban J connectivity index is 1.74. The van der Waals surface area contributed by atoms with Gasteiger partial charge in [-0.2, -0.15) is 5.10 Å². The van der Waals surface area contributed by atoms with Gasteiger partial charge in [0, 0.05) is 37.6 Å². The predicted molar refractivity (Wildman–Crippen MR) is 95.5 cm³/mol. The summed E-state index contributed by atoms with van der Waals surface area (Å²) in [5.41, 5.74) is -0.190. The van der Waals surface area contributed by atoms with Crippen LogP contribution in [0.5, 0.6) is 5.88 Å². The number of likely N-dealkylation sites (tertiary alicyclic amines) is 1. The van der Waals surface area contributed by atoms with Crippen molar-refractivity contribution < 1.29 is 24.2 Å². The Kier molecular flexibility index (Phi) is 5.33. The van der Waals surface area contributed by atoms with E-state index < -0.39 is 11.6 Å². The fraction of sp³-hybridized carbons (Fsp3) is 0.412. The number of methoxy groups -OCH3 is 2. The second-order valence-corrected chi connectivity index (χ2v) is 6.60. The summed E-state index contributed by atoms with van der Waals surface area (Å²) in [6.07, 6.45) is 1.67. The number of H-pyrrole nitrogens is 1. The van der Waals surface area contributed by atoms with Crippen molar-refractivity contribution in [3.05, 3.63) is 29.0 Å². The minimum Gasteiger partial charge on any atom is -0.481 e. The SMILES string of the molecule is COC(=O)C1(O)CCN(C(=O)c2cc(-c3cc(OC)ncc3Cl)[nH]n2)CC1. The number of rotatable bonds is 4. The number of hydrogen-bond donors (Lipinski definition) is 2. The van der Waals surface area contributed by atoms with Crippen LogP contribution in [0, 0.1) is 0 Å². The Hall–Kier alpha value is -2.65. The fourth-order valence-electron chi connectivity index (χ4n) is 2.94. The highest BCUT2D eigenvalue weighted by molar-refractivity contribution is 6.33. The van der Waals surface area contributed by atoms with Crippen LogP contribution >= 0.6 is 11.6 Å². The van der Waals surface area contributed by atoms with Crippen LogP contribution in [-0.2, 0) is 9.53 Å². The van der Waals surface area contributed by atoms with Crippen molar-refractivity contribution in [2.75, 3.05) is 27.3 Å². The summed E-state index contributed by atoms with van der Waals surface area (Å²) in [6.45, 7) is 0.437. The van der Waals surface area contributed by atoms with E-state index in [2.05, 4.69) is 19.9 Å². The van der Waals surface area contributed by atoms with Gasteiger partial charge in [0.1, 0.15) is 0 Å². The number of amides is 1. The fourth-order valence-corrected chi connectivity index (χ4v) is 3.15. The number of carbonyl (C=O) groups is 2. The first-order valence-corrected chi connectivity index (χ1v) is 8.61. The van der Waals surface area contributed by atoms with Crippen LogP contribution in [0.2, 0.25) is 5.02 Å². The van der Waals surface area contributed by atoms with Crippen molar-refractivity contribution in [3.63, 3.8) is 0 Å². The van der Waals surface area contributed by atoms with Gasteiger partial charge in [0.05, 0.1) is 31.1 Å². The molecule has 0 atom stereocenters. The van der Waals surface area contributed by atoms with E-state index in [4.69, 9.17) is 16.3 Å². The molecule has 3 rings (SSSR count). The molecule has 0 saturated carbocycles. The molecule has 0 aromatic carbocycles. The molecule has 0 spiro atoms. The number of esters is 1. The molecule has 1 fully saturated rings. The number of halogens is 1. The first-order chi connectivity index (χ1) is 12.9. The lowest BCUT2D eigenvalue weighted by Gasteiger charge is -2.35. The molecule has 1 aliphatic rings. The predicted octanol–water partition coefficient (Wildman–Crippen LogP) is 1.27. The largest absolute Gasteiger partial charge is 0.481 e. The molecular formula is C17H19ClN4O5. The maximum Gasteiger partial charge on any atom is 0.337 e. The molecule has 1 amide bonds. The van der Waals surface area contributed by atoms with E-state index in [0.29, 0.717) is 22.2 Å². The summed E-state index contributed by atoms with van der Waals surface area (Å²) >= 11 is 6.17. The first-order valence-electron chi connectivity index (χ1n) is 8.23. The number of aromatic nitrogens is 3. The second-order valence-electron chi connectivity index (χ2n) is 6.19. The lowest BCUT2D eigenvalue weighted by molar-refractivity contribution is -0.166. The molecule has 27 heavy (non-hydrogen) atoms. The smallest absolute Gasteiger partial charge is 0.337 e. The van der Waals surface area contributed by atoms with Gasteiger partial charge in [0.25, 0.3) is 5.91 Å². The third kappa shape index (κ3) is 3.74. The topological polar surface area (TPSA) is 118 Å². The molecule has 0 aliphatic carbocycles. The molecule has 144 valence electrons. The Labute approximate surface area is 160 Å². The van der Waals surface area contributed by atoms with E-state index in [1.54, 1.807) is 12.1 Å². The summed E-state index contributed by atoms with van der Waals surface area (Å²) in [7, 11) is 2.72. The summed E-state index contributed by atoms with van der Waals surface area (Å²) in [6, 6.07) is 3.23. The van der Waals surface area contributed by atoms with Crippen molar-refractivity contribution in [1.29, 1.82) is 0 Å². The summed E-state index contributed by atoms with van der Waals surface area (Å²) in [5.74, 6) is -0.602. The summed E-state index contributed by atoms with van der Waals surface area (Å²) in [5, 5.41) is 17.5. The maximum absolute atomic E-state index is 12.7. The van der Waals surface area contributed by atoms with Gasteiger partial charge in [-0.3, -0.25) is 9.89 Å². The molecule has 9 nitrogen and oxygen atoms in total. The highest BCUT2D eigenvalue weighted by Crippen LogP contribution is 2.30. The average Bonchev–Trinajstić information content (AvgIpc) is 3.17. The van der Waals surface area contributed by atoms with Gasteiger partial charge in [-0.1, -0.05) is 11.6 Å². The van der Waals surface area contributed by atoms with E-state index in [0.717, 1.165) is 0 Å². The lowest BCUT2D eigenvalue weighted by atomic mass is 9.91. The first kappa shape index (κ1) is 19.1. The van der Waals surface area contributed by atoms with E-state index in [-0.39, 0.29) is 37.5 Å². The summed E-state index contributed by atoms with van der Waals surface area (Å²) in [4.78, 5) is 29.9. The Bertz CT molecular complexity index is 861. The zero-order valence-corrected chi connectivity index (χ0v) is 15.6. The number of aromatic amines is 1. The van der Waals surface area contributed by atoms with Crippen molar-refractivity contribution in [2.24, 2.45) is 0 Å². The van der Waals surface area contributed by atoms with Crippen LogP contribution in [0.4, 0.5) is 0 Å². The van der Waals surface area contributed by atoms with Gasteiger partial charge in [-0.25, -0.2) is 9.78 Å². The lowest BCUT2D eigenvalue weighted by Crippen LogP contribution is -2.51. The number of carbonyl (C=O) groups excluding carboxylic acids is 2. The van der Waals surface area contributed by atoms with Crippen molar-refractivity contribution >= 4 is 23.5 Å². The molecule has 0 bridgehead atoms. The second kappa shape index (κ2) is 7.53. The van der Waals surface area contributed by atoms with E-state index >= 15 is 0 Å². The molecule has 2 aromatic rings. The molecule has 1 aliphatic heterocycles. The number of ether oxygens (including phenoxy) is 2. The van der Waals surface area contributed by atoms with Crippen LogP contribution in [0.25, 0.3) is 11.3 Å². The van der Waals surface area contributed by atoms with Gasteiger partial charge >= 0.3 is 5.97 Å². The average molecular weight is 395 g/mol. The number of aliphatic hydroxyl groups is 1. The third-order valence-corrected chi connectivity index (χ3v) is 4.87. The van der Waals surface area contributed by atoms with Crippen molar-refractivity contribution in [2.45, 2.75) is 18.4 Å². The number of nitrogens with zero attached hydrogens (tertiary/aromatic N) is 3. The zero-order chi connectivity index (χ0) is 19.6. The number of hydrogen-bond acceptors (Lipinski definition) is 7.